The van der Waals surface area contributed by atoms with Crippen molar-refractivity contribution in [2.75, 3.05) is 19.0 Å². The molecular formula is C38H74O16P2S. The lowest BCUT2D eigenvalue weighted by molar-refractivity contribution is -0.216. The number of phosphoric ester groups is 2. The van der Waals surface area contributed by atoms with Crippen LogP contribution >= 0.6 is 28.3 Å². The highest BCUT2D eigenvalue weighted by Crippen LogP contribution is 2.48. The molecule has 8 atom stereocenters. The fourth-order valence-corrected chi connectivity index (χ4v) is 8.42. The topological polar surface area (TPSA) is 256 Å². The first-order chi connectivity index (χ1) is 27.1. The monoisotopic (exact) mass is 880 g/mol. The molecule has 4 unspecified atom stereocenters. The van der Waals surface area contributed by atoms with E-state index < -0.39 is 83.5 Å². The number of carbonyl (C=O) groups is 2. The summed E-state index contributed by atoms with van der Waals surface area (Å²) in [6.45, 7) is 0.903. The van der Waals surface area contributed by atoms with Crippen LogP contribution < -0.4 is 0 Å². The van der Waals surface area contributed by atoms with E-state index in [2.05, 4.69) is 24.1 Å². The maximum atomic E-state index is 12.9. The number of esters is 2. The standard InChI is InChI=1S/C38H74O16P2S/c1-2-3-4-5-6-7-8-9-10-14-17-20-23-26-32(40)52-30(28-50-31(39)25-22-19-16-13-11-12-15-18-21-24-27-57)29-51-56(48,49)54-38-35(43)33(41)37(34(42)36(38)44)53-55(45,46)47/h30,33-38,41-44,57H,2-29H2,1H3,(H,48,49)(H2,45,46,47)/t30-,33-,34+,35?,36-,37?,38?/m1/s1. The quantitative estimate of drug-likeness (QED) is 0.0143. The molecule has 57 heavy (non-hydrogen) atoms. The summed E-state index contributed by atoms with van der Waals surface area (Å²) in [5.74, 6) is -0.272. The lowest BCUT2D eigenvalue weighted by Gasteiger charge is -2.43. The van der Waals surface area contributed by atoms with Gasteiger partial charge in [0.15, 0.2) is 6.10 Å². The van der Waals surface area contributed by atoms with Gasteiger partial charge in [0.05, 0.1) is 6.61 Å². The Kier molecular flexibility index (Phi) is 30.6. The van der Waals surface area contributed by atoms with Crippen molar-refractivity contribution in [2.45, 2.75) is 210 Å². The van der Waals surface area contributed by atoms with Crippen LogP contribution in [-0.4, -0.2) is 109 Å². The Bertz CT molecular complexity index is 1130. The van der Waals surface area contributed by atoms with Crippen LogP contribution in [0.25, 0.3) is 0 Å². The number of rotatable bonds is 36. The summed E-state index contributed by atoms with van der Waals surface area (Å²) in [7, 11) is -10.6. The van der Waals surface area contributed by atoms with E-state index in [0.717, 1.165) is 63.5 Å². The van der Waals surface area contributed by atoms with E-state index in [9.17, 15) is 44.0 Å². The van der Waals surface area contributed by atoms with Crippen molar-refractivity contribution in [3.05, 3.63) is 0 Å². The molecule has 19 heteroatoms. The van der Waals surface area contributed by atoms with Gasteiger partial charge in [0.2, 0.25) is 0 Å². The highest BCUT2D eigenvalue weighted by Gasteiger charge is 2.54. The summed E-state index contributed by atoms with van der Waals surface area (Å²) in [4.78, 5) is 53.8. The maximum Gasteiger partial charge on any atom is 0.472 e. The van der Waals surface area contributed by atoms with Gasteiger partial charge in [-0.15, -0.1) is 0 Å². The Balaban J connectivity index is 2.62. The van der Waals surface area contributed by atoms with E-state index in [-0.39, 0.29) is 12.8 Å². The lowest BCUT2D eigenvalue weighted by Crippen LogP contribution is -2.64. The molecule has 0 aromatic heterocycles. The van der Waals surface area contributed by atoms with E-state index in [0.29, 0.717) is 12.8 Å². The smallest absolute Gasteiger partial charge is 0.462 e. The molecule has 0 heterocycles. The summed E-state index contributed by atoms with van der Waals surface area (Å²) in [5.41, 5.74) is 0. The second-order valence-corrected chi connectivity index (χ2v) is 18.2. The summed E-state index contributed by atoms with van der Waals surface area (Å²) in [6, 6.07) is 0. The molecule has 0 radical (unpaired) electrons. The lowest BCUT2D eigenvalue weighted by atomic mass is 9.85. The van der Waals surface area contributed by atoms with Crippen LogP contribution in [-0.2, 0) is 41.8 Å². The molecule has 1 rings (SSSR count). The van der Waals surface area contributed by atoms with E-state index in [4.69, 9.17) is 28.3 Å². The SMILES string of the molecule is CCCCCCCCCCCCCCCC(=O)O[C@H](COC(=O)CCCCCCCCCCCCS)COP(=O)(O)OC1C(O)[C@@H](O)C(OP(=O)(O)O)[C@@H](O)[C@H]1O. The van der Waals surface area contributed by atoms with Gasteiger partial charge in [-0.1, -0.05) is 135 Å². The Labute approximate surface area is 345 Å². The molecule has 1 fully saturated rings. The fraction of sp³-hybridized carbons (Fsp3) is 0.947. The largest absolute Gasteiger partial charge is 0.472 e. The van der Waals surface area contributed by atoms with E-state index in [1.807, 2.05) is 0 Å². The molecule has 0 amide bonds. The Morgan fingerprint density at radius 1 is 0.544 bits per heavy atom. The Morgan fingerprint density at radius 2 is 0.912 bits per heavy atom. The van der Waals surface area contributed by atoms with Crippen LogP contribution in [0.3, 0.4) is 0 Å². The van der Waals surface area contributed by atoms with Crippen molar-refractivity contribution in [1.82, 2.24) is 0 Å². The third kappa shape index (κ3) is 27.0. The number of thiol groups is 1. The minimum Gasteiger partial charge on any atom is -0.462 e. The van der Waals surface area contributed by atoms with Crippen molar-refractivity contribution in [1.29, 1.82) is 0 Å². The molecule has 7 N–H and O–H groups in total. The second-order valence-electron chi connectivity index (χ2n) is 15.2. The first-order valence-electron chi connectivity index (χ1n) is 21.2. The zero-order chi connectivity index (χ0) is 42.5. The highest BCUT2D eigenvalue weighted by molar-refractivity contribution is 7.80. The number of aliphatic hydroxyl groups is 4. The Morgan fingerprint density at radius 3 is 1.32 bits per heavy atom. The van der Waals surface area contributed by atoms with Crippen LogP contribution in [0.5, 0.6) is 0 Å². The predicted molar refractivity (Wildman–Crippen MR) is 217 cm³/mol. The van der Waals surface area contributed by atoms with Crippen molar-refractivity contribution < 1.29 is 76.9 Å². The van der Waals surface area contributed by atoms with Crippen molar-refractivity contribution >= 4 is 40.2 Å². The summed E-state index contributed by atoms with van der Waals surface area (Å²) >= 11 is 4.23. The van der Waals surface area contributed by atoms with Gasteiger partial charge in [-0.25, -0.2) is 9.13 Å². The third-order valence-corrected chi connectivity index (χ3v) is 11.8. The van der Waals surface area contributed by atoms with Crippen molar-refractivity contribution in [2.24, 2.45) is 0 Å². The van der Waals surface area contributed by atoms with E-state index in [1.165, 1.54) is 77.0 Å². The van der Waals surface area contributed by atoms with Gasteiger partial charge in [0, 0.05) is 12.8 Å². The zero-order valence-electron chi connectivity index (χ0n) is 34.0. The molecule has 1 saturated carbocycles. The first-order valence-corrected chi connectivity index (χ1v) is 24.9. The van der Waals surface area contributed by atoms with Gasteiger partial charge in [-0.3, -0.25) is 23.2 Å². The van der Waals surface area contributed by atoms with Gasteiger partial charge in [-0.05, 0) is 25.0 Å². The molecule has 0 aromatic carbocycles. The van der Waals surface area contributed by atoms with Crippen molar-refractivity contribution in [3.63, 3.8) is 0 Å². The summed E-state index contributed by atoms with van der Waals surface area (Å²) in [5, 5.41) is 41.3. The minimum absolute atomic E-state index is 0.0548. The summed E-state index contributed by atoms with van der Waals surface area (Å²) in [6.07, 6.45) is 10.7. The number of unbranched alkanes of at least 4 members (excludes halogenated alkanes) is 21. The molecule has 0 spiro atoms. The van der Waals surface area contributed by atoms with E-state index in [1.54, 1.807) is 0 Å². The van der Waals surface area contributed by atoms with Crippen LogP contribution in [0.1, 0.15) is 167 Å². The number of ether oxygens (including phenoxy) is 2. The van der Waals surface area contributed by atoms with Gasteiger partial charge in [0.1, 0.15) is 43.2 Å². The van der Waals surface area contributed by atoms with Gasteiger partial charge in [-0.2, -0.15) is 12.6 Å². The highest BCUT2D eigenvalue weighted by atomic mass is 32.1. The molecule has 16 nitrogen and oxygen atoms in total. The molecule has 0 aliphatic heterocycles. The number of phosphoric acid groups is 2. The van der Waals surface area contributed by atoms with Gasteiger partial charge >= 0.3 is 27.6 Å². The normalized spacial score (nSPS) is 22.9. The van der Waals surface area contributed by atoms with Crippen molar-refractivity contribution in [3.8, 4) is 0 Å². The predicted octanol–water partition coefficient (Wildman–Crippen LogP) is 6.58. The Hall–Kier alpha value is -0.650. The molecule has 0 saturated heterocycles. The van der Waals surface area contributed by atoms with Crippen LogP contribution in [0.15, 0.2) is 0 Å². The van der Waals surface area contributed by atoms with Crippen LogP contribution in [0.2, 0.25) is 0 Å². The van der Waals surface area contributed by atoms with Crippen LogP contribution in [0.4, 0.5) is 0 Å². The third-order valence-electron chi connectivity index (χ3n) is 9.99. The maximum absolute atomic E-state index is 12.9. The second kappa shape index (κ2) is 32.1. The molecule has 0 bridgehead atoms. The van der Waals surface area contributed by atoms with Crippen LogP contribution in [0, 0.1) is 0 Å². The summed E-state index contributed by atoms with van der Waals surface area (Å²) < 4.78 is 48.9. The number of aliphatic hydroxyl groups excluding tert-OH is 4. The average Bonchev–Trinajstić information content (AvgIpc) is 3.16. The van der Waals surface area contributed by atoms with E-state index >= 15 is 0 Å². The molecule has 0 aromatic rings. The fourth-order valence-electron chi connectivity index (χ4n) is 6.65. The first kappa shape index (κ1) is 54.4. The molecular weight excluding hydrogens is 806 g/mol. The average molecular weight is 881 g/mol. The van der Waals surface area contributed by atoms with Gasteiger partial charge < -0.3 is 44.6 Å². The number of hydrogen-bond acceptors (Lipinski definition) is 14. The molecule has 338 valence electrons. The minimum atomic E-state index is -5.30. The molecule has 1 aliphatic carbocycles. The van der Waals surface area contributed by atoms with Gasteiger partial charge in [0.25, 0.3) is 0 Å². The zero-order valence-corrected chi connectivity index (χ0v) is 36.7. The number of carbonyl (C=O) groups excluding carboxylic acids is 2. The molecule has 1 aliphatic rings. The number of hydrogen-bond donors (Lipinski definition) is 8.